The Morgan fingerprint density at radius 2 is 1.33 bits per heavy atom. The van der Waals surface area contributed by atoms with Crippen molar-refractivity contribution < 1.29 is 19.1 Å². The van der Waals surface area contributed by atoms with Crippen molar-refractivity contribution in [1.82, 2.24) is 15.2 Å². The van der Waals surface area contributed by atoms with Crippen molar-refractivity contribution in [3.05, 3.63) is 78.4 Å². The summed E-state index contributed by atoms with van der Waals surface area (Å²) in [5.41, 5.74) is 4.12. The molecule has 0 aliphatic carbocycles. The number of nitrogens with zero attached hydrogens (tertiary/aromatic N) is 3. The van der Waals surface area contributed by atoms with Crippen LogP contribution in [0.15, 0.2) is 78.0 Å². The first-order chi connectivity index (χ1) is 17.5. The monoisotopic (exact) mass is 500 g/mol. The molecule has 4 aromatic rings. The Kier molecular flexibility index (Phi) is 7.92. The minimum Gasteiger partial charge on any atom is -0.497 e. The van der Waals surface area contributed by atoms with Gasteiger partial charge in [-0.15, -0.1) is 10.2 Å². The van der Waals surface area contributed by atoms with Crippen molar-refractivity contribution in [3.63, 3.8) is 0 Å². The van der Waals surface area contributed by atoms with Crippen LogP contribution in [0.1, 0.15) is 17.3 Å². The van der Waals surface area contributed by atoms with Crippen molar-refractivity contribution in [2.75, 3.05) is 25.3 Å². The molecular formula is C27H24N4O4S. The number of carbonyl (C=O) groups is 2. The topological polar surface area (TPSA) is 103 Å². The van der Waals surface area contributed by atoms with Gasteiger partial charge in [0.25, 0.3) is 0 Å². The fourth-order valence-corrected chi connectivity index (χ4v) is 4.10. The van der Waals surface area contributed by atoms with Crippen LogP contribution in [0.2, 0.25) is 0 Å². The SMILES string of the molecule is COc1ccc(-c2nnc(SCC(=O)c3ccc(NC(C)=O)cc3)nc2-c2ccc(OC)cc2)cc1. The minimum atomic E-state index is -0.167. The number of rotatable bonds is 9. The normalized spacial score (nSPS) is 10.5. The summed E-state index contributed by atoms with van der Waals surface area (Å²) < 4.78 is 10.5. The molecule has 1 N–H and O–H groups in total. The zero-order valence-corrected chi connectivity index (χ0v) is 20.8. The molecule has 0 unspecified atom stereocenters. The number of benzene rings is 3. The molecule has 182 valence electrons. The van der Waals surface area contributed by atoms with E-state index in [1.165, 1.54) is 18.7 Å². The molecule has 0 saturated carbocycles. The summed E-state index contributed by atoms with van der Waals surface area (Å²) in [5, 5.41) is 11.8. The van der Waals surface area contributed by atoms with Gasteiger partial charge in [-0.2, -0.15) is 0 Å². The number of thioether (sulfide) groups is 1. The van der Waals surface area contributed by atoms with Crippen molar-refractivity contribution >= 4 is 29.1 Å². The third-order valence-electron chi connectivity index (χ3n) is 5.25. The molecule has 1 heterocycles. The van der Waals surface area contributed by atoms with Gasteiger partial charge in [0.2, 0.25) is 11.1 Å². The van der Waals surface area contributed by atoms with E-state index >= 15 is 0 Å². The number of amides is 1. The van der Waals surface area contributed by atoms with Crippen LogP contribution in [0, 0.1) is 0 Å². The molecule has 1 aromatic heterocycles. The molecule has 0 aliphatic heterocycles. The molecule has 0 radical (unpaired) electrons. The van der Waals surface area contributed by atoms with Crippen molar-refractivity contribution in [2.24, 2.45) is 0 Å². The van der Waals surface area contributed by atoms with E-state index in [2.05, 4.69) is 15.5 Å². The molecule has 3 aromatic carbocycles. The maximum Gasteiger partial charge on any atom is 0.221 e. The van der Waals surface area contributed by atoms with Gasteiger partial charge in [-0.1, -0.05) is 11.8 Å². The van der Waals surface area contributed by atoms with Gasteiger partial charge in [-0.25, -0.2) is 4.98 Å². The summed E-state index contributed by atoms with van der Waals surface area (Å²) in [7, 11) is 3.23. The van der Waals surface area contributed by atoms with Gasteiger partial charge in [0, 0.05) is 29.3 Å². The van der Waals surface area contributed by atoms with Crippen LogP contribution in [0.25, 0.3) is 22.5 Å². The van der Waals surface area contributed by atoms with Gasteiger partial charge in [0.1, 0.15) is 22.9 Å². The van der Waals surface area contributed by atoms with Gasteiger partial charge in [0.05, 0.1) is 20.0 Å². The number of ketones is 1. The van der Waals surface area contributed by atoms with E-state index in [1.807, 2.05) is 48.5 Å². The van der Waals surface area contributed by atoms with Gasteiger partial charge in [-0.3, -0.25) is 9.59 Å². The lowest BCUT2D eigenvalue weighted by Gasteiger charge is -2.10. The summed E-state index contributed by atoms with van der Waals surface area (Å²) in [6.45, 7) is 1.43. The highest BCUT2D eigenvalue weighted by Gasteiger charge is 2.16. The molecule has 9 heteroatoms. The average molecular weight is 501 g/mol. The van der Waals surface area contributed by atoms with Crippen LogP contribution in [-0.2, 0) is 4.79 Å². The minimum absolute atomic E-state index is 0.0804. The fourth-order valence-electron chi connectivity index (χ4n) is 3.42. The Bertz CT molecular complexity index is 1360. The number of aromatic nitrogens is 3. The maximum atomic E-state index is 12.7. The molecule has 1 amide bonds. The van der Waals surface area contributed by atoms with Crippen LogP contribution >= 0.6 is 11.8 Å². The maximum absolute atomic E-state index is 12.7. The van der Waals surface area contributed by atoms with E-state index < -0.39 is 0 Å². The molecule has 0 atom stereocenters. The Morgan fingerprint density at radius 1 is 0.778 bits per heavy atom. The van der Waals surface area contributed by atoms with Crippen molar-refractivity contribution in [2.45, 2.75) is 12.1 Å². The zero-order chi connectivity index (χ0) is 25.5. The van der Waals surface area contributed by atoms with Crippen molar-refractivity contribution in [1.29, 1.82) is 0 Å². The van der Waals surface area contributed by atoms with Crippen molar-refractivity contribution in [3.8, 4) is 34.0 Å². The molecule has 0 bridgehead atoms. The Labute approximate surface area is 213 Å². The predicted molar refractivity (Wildman–Crippen MR) is 140 cm³/mol. The summed E-state index contributed by atoms with van der Waals surface area (Å²) >= 11 is 1.22. The highest BCUT2D eigenvalue weighted by molar-refractivity contribution is 7.99. The van der Waals surface area contributed by atoms with E-state index in [0.29, 0.717) is 27.8 Å². The van der Waals surface area contributed by atoms with Gasteiger partial charge < -0.3 is 14.8 Å². The molecule has 0 saturated heterocycles. The first-order valence-electron chi connectivity index (χ1n) is 11.0. The summed E-state index contributed by atoms with van der Waals surface area (Å²) in [6, 6.07) is 21.8. The molecule has 36 heavy (non-hydrogen) atoms. The summed E-state index contributed by atoms with van der Waals surface area (Å²) in [6.07, 6.45) is 0. The first-order valence-corrected chi connectivity index (χ1v) is 12.0. The van der Waals surface area contributed by atoms with Crippen LogP contribution in [0.4, 0.5) is 5.69 Å². The Balaban J connectivity index is 1.58. The lowest BCUT2D eigenvalue weighted by molar-refractivity contribution is -0.114. The Hall–Kier alpha value is -4.24. The predicted octanol–water partition coefficient (Wildman–Crippen LogP) is 5.16. The van der Waals surface area contributed by atoms with E-state index in [9.17, 15) is 9.59 Å². The standard InChI is InChI=1S/C27H24N4O4S/c1-17(32)28-21-10-4-18(5-11-21)24(33)16-36-27-29-25(19-6-12-22(34-2)13-7-19)26(30-31-27)20-8-14-23(35-3)15-9-20/h4-15H,16H2,1-3H3,(H,28,32). The van der Waals surface area contributed by atoms with Gasteiger partial charge >= 0.3 is 0 Å². The second kappa shape index (κ2) is 11.5. The number of anilines is 1. The molecule has 0 aliphatic rings. The number of nitrogens with one attached hydrogen (secondary N) is 1. The lowest BCUT2D eigenvalue weighted by Crippen LogP contribution is -2.07. The number of methoxy groups -OCH3 is 2. The quantitative estimate of drug-likeness (QED) is 0.248. The summed E-state index contributed by atoms with van der Waals surface area (Å²) in [5.74, 6) is 1.37. The van der Waals surface area contributed by atoms with Crippen LogP contribution in [-0.4, -0.2) is 46.8 Å². The second-order valence-corrected chi connectivity index (χ2v) is 8.66. The second-order valence-electron chi connectivity index (χ2n) is 7.72. The average Bonchev–Trinajstić information content (AvgIpc) is 2.92. The zero-order valence-electron chi connectivity index (χ0n) is 20.0. The number of Topliss-reactive ketones (excluding diaryl/α,β-unsaturated/α-hetero) is 1. The first kappa shape index (κ1) is 24.9. The molecule has 4 rings (SSSR count). The highest BCUT2D eigenvalue weighted by atomic mass is 32.2. The van der Waals surface area contributed by atoms with Crippen LogP contribution < -0.4 is 14.8 Å². The van der Waals surface area contributed by atoms with E-state index in [1.54, 1.807) is 38.5 Å². The largest absolute Gasteiger partial charge is 0.497 e. The van der Waals surface area contributed by atoms with E-state index in [0.717, 1.165) is 22.6 Å². The fraction of sp³-hybridized carbons (Fsp3) is 0.148. The van der Waals surface area contributed by atoms with Crippen LogP contribution in [0.5, 0.6) is 11.5 Å². The lowest BCUT2D eigenvalue weighted by atomic mass is 10.0. The van der Waals surface area contributed by atoms with E-state index in [4.69, 9.17) is 14.5 Å². The smallest absolute Gasteiger partial charge is 0.221 e. The van der Waals surface area contributed by atoms with Gasteiger partial charge in [-0.05, 0) is 72.8 Å². The molecule has 0 fully saturated rings. The third kappa shape index (κ3) is 6.05. The van der Waals surface area contributed by atoms with E-state index in [-0.39, 0.29) is 17.4 Å². The number of carbonyl (C=O) groups excluding carboxylic acids is 2. The molecule has 8 nitrogen and oxygen atoms in total. The highest BCUT2D eigenvalue weighted by Crippen LogP contribution is 2.32. The summed E-state index contributed by atoms with van der Waals surface area (Å²) in [4.78, 5) is 28.6. The third-order valence-corrected chi connectivity index (χ3v) is 6.09. The molecule has 0 spiro atoms. The number of hydrogen-bond donors (Lipinski definition) is 1. The Morgan fingerprint density at radius 3 is 1.86 bits per heavy atom. The van der Waals surface area contributed by atoms with Gasteiger partial charge in [0.15, 0.2) is 5.78 Å². The number of ether oxygens (including phenoxy) is 2. The number of hydrogen-bond acceptors (Lipinski definition) is 8. The van der Waals surface area contributed by atoms with Crippen LogP contribution in [0.3, 0.4) is 0 Å². The molecular weight excluding hydrogens is 476 g/mol.